The molecule has 0 saturated carbocycles. The molecule has 1 aliphatic heterocycles. The molecular formula is C21H33N7O2. The molecule has 0 aliphatic carbocycles. The minimum absolute atomic E-state index is 0.184. The van der Waals surface area contributed by atoms with Crippen LogP contribution in [0.25, 0.3) is 0 Å². The lowest BCUT2D eigenvalue weighted by atomic mass is 10.1. The zero-order valence-corrected chi connectivity index (χ0v) is 18.6. The van der Waals surface area contributed by atoms with E-state index in [-0.39, 0.29) is 12.1 Å². The van der Waals surface area contributed by atoms with Gasteiger partial charge < -0.3 is 25.0 Å². The van der Waals surface area contributed by atoms with Gasteiger partial charge in [-0.05, 0) is 38.2 Å². The minimum atomic E-state index is 0.184. The number of likely N-dealkylation sites (N-methyl/N-ethyl adjacent to an activating group) is 1. The van der Waals surface area contributed by atoms with Gasteiger partial charge in [0, 0.05) is 33.2 Å². The first-order chi connectivity index (χ1) is 14.5. The predicted octanol–water partition coefficient (Wildman–Crippen LogP) is 1.22. The Morgan fingerprint density at radius 1 is 1.37 bits per heavy atom. The van der Waals surface area contributed by atoms with E-state index in [1.165, 1.54) is 5.56 Å². The highest BCUT2D eigenvalue weighted by atomic mass is 16.5. The first-order valence-electron chi connectivity index (χ1n) is 10.2. The number of guanidine groups is 1. The lowest BCUT2D eigenvalue weighted by Gasteiger charge is -2.28. The van der Waals surface area contributed by atoms with Gasteiger partial charge in [-0.1, -0.05) is 12.1 Å². The molecule has 0 amide bonds. The maximum Gasteiger partial charge on any atom is 0.191 e. The van der Waals surface area contributed by atoms with Gasteiger partial charge in [0.2, 0.25) is 0 Å². The molecule has 0 saturated heterocycles. The van der Waals surface area contributed by atoms with Crippen LogP contribution in [0.1, 0.15) is 29.7 Å². The van der Waals surface area contributed by atoms with E-state index in [1.54, 1.807) is 21.3 Å². The number of nitrogens with one attached hydrogen (secondary N) is 2. The number of methoxy groups -OCH3 is 2. The number of aliphatic imine (C=N–C) groups is 1. The average molecular weight is 416 g/mol. The summed E-state index contributed by atoms with van der Waals surface area (Å²) in [5.41, 5.74) is 1.19. The van der Waals surface area contributed by atoms with Crippen molar-refractivity contribution in [1.82, 2.24) is 30.3 Å². The lowest BCUT2D eigenvalue weighted by molar-refractivity contribution is 0.177. The van der Waals surface area contributed by atoms with Gasteiger partial charge in [0.25, 0.3) is 0 Å². The van der Waals surface area contributed by atoms with E-state index in [9.17, 15) is 0 Å². The van der Waals surface area contributed by atoms with Crippen LogP contribution in [0.15, 0.2) is 29.3 Å². The molecule has 2 N–H and O–H groups in total. The van der Waals surface area contributed by atoms with Crippen LogP contribution in [0.4, 0.5) is 0 Å². The molecule has 0 radical (unpaired) electrons. The van der Waals surface area contributed by atoms with Crippen LogP contribution in [0.5, 0.6) is 5.75 Å². The molecular weight excluding hydrogens is 382 g/mol. The molecule has 0 fully saturated rings. The summed E-state index contributed by atoms with van der Waals surface area (Å²) < 4.78 is 12.5. The van der Waals surface area contributed by atoms with Crippen molar-refractivity contribution in [3.8, 4) is 5.75 Å². The fraction of sp³-hybridized carbons (Fsp3) is 0.571. The van der Waals surface area contributed by atoms with Crippen molar-refractivity contribution in [3.63, 3.8) is 0 Å². The number of nitrogens with zero attached hydrogens (tertiary/aromatic N) is 5. The van der Waals surface area contributed by atoms with Crippen molar-refractivity contribution in [1.29, 1.82) is 0 Å². The Morgan fingerprint density at radius 2 is 2.20 bits per heavy atom. The first kappa shape index (κ1) is 22.0. The summed E-state index contributed by atoms with van der Waals surface area (Å²) >= 11 is 0. The summed E-state index contributed by atoms with van der Waals surface area (Å²) in [6.45, 7) is 1.93. The third-order valence-corrected chi connectivity index (χ3v) is 5.30. The first-order valence-corrected chi connectivity index (χ1v) is 10.2. The Hall–Kier alpha value is -2.65. The molecule has 2 atom stereocenters. The Kier molecular flexibility index (Phi) is 7.64. The smallest absolute Gasteiger partial charge is 0.191 e. The minimum Gasteiger partial charge on any atom is -0.497 e. The second-order valence-electron chi connectivity index (χ2n) is 7.65. The van der Waals surface area contributed by atoms with E-state index in [0.717, 1.165) is 49.3 Å². The van der Waals surface area contributed by atoms with E-state index in [4.69, 9.17) is 9.47 Å². The molecule has 30 heavy (non-hydrogen) atoms. The fourth-order valence-corrected chi connectivity index (χ4v) is 3.70. The summed E-state index contributed by atoms with van der Waals surface area (Å²) in [6.07, 6.45) is 1.87. The molecule has 9 nitrogen and oxygen atoms in total. The van der Waals surface area contributed by atoms with Crippen molar-refractivity contribution in [3.05, 3.63) is 41.5 Å². The number of rotatable bonds is 8. The van der Waals surface area contributed by atoms with Gasteiger partial charge in [-0.15, -0.1) is 0 Å². The van der Waals surface area contributed by atoms with Crippen LogP contribution in [0.2, 0.25) is 0 Å². The number of benzene rings is 1. The van der Waals surface area contributed by atoms with Gasteiger partial charge in [0.05, 0.1) is 19.7 Å². The summed E-state index contributed by atoms with van der Waals surface area (Å²) in [7, 11) is 9.30. The lowest BCUT2D eigenvalue weighted by Crippen LogP contribution is -2.48. The van der Waals surface area contributed by atoms with Crippen molar-refractivity contribution in [2.45, 2.75) is 38.1 Å². The topological polar surface area (TPSA) is 88.8 Å². The highest BCUT2D eigenvalue weighted by Gasteiger charge is 2.23. The average Bonchev–Trinajstić information content (AvgIpc) is 3.15. The van der Waals surface area contributed by atoms with E-state index in [2.05, 4.69) is 56.8 Å². The van der Waals surface area contributed by atoms with Gasteiger partial charge in [0.1, 0.15) is 18.2 Å². The monoisotopic (exact) mass is 415 g/mol. The van der Waals surface area contributed by atoms with Crippen molar-refractivity contribution in [2.75, 3.05) is 41.9 Å². The van der Waals surface area contributed by atoms with Gasteiger partial charge in [-0.3, -0.25) is 4.99 Å². The number of aromatic nitrogens is 3. The molecule has 164 valence electrons. The molecule has 2 aromatic rings. The summed E-state index contributed by atoms with van der Waals surface area (Å²) in [6, 6.07) is 8.61. The molecule has 1 aromatic heterocycles. The largest absolute Gasteiger partial charge is 0.497 e. The highest BCUT2D eigenvalue weighted by molar-refractivity contribution is 5.80. The molecule has 2 heterocycles. The van der Waals surface area contributed by atoms with Crippen molar-refractivity contribution >= 4 is 5.96 Å². The third-order valence-electron chi connectivity index (χ3n) is 5.30. The van der Waals surface area contributed by atoms with E-state index in [0.29, 0.717) is 6.61 Å². The molecule has 1 aromatic carbocycles. The Balaban J connectivity index is 1.59. The maximum atomic E-state index is 5.38. The van der Waals surface area contributed by atoms with Crippen molar-refractivity contribution in [2.24, 2.45) is 4.99 Å². The standard InChI is InChI=1S/C21H33N7O2/c1-22-21(23-12-18(27(2)3)15-7-6-8-17(11-15)30-5)24-16-9-10-20-25-19(14-29-4)26-28(20)13-16/h6-8,11,16,18H,9-10,12-14H2,1-5H3,(H2,22,23,24). The quantitative estimate of drug-likeness (QED) is 0.495. The number of hydrogen-bond acceptors (Lipinski definition) is 6. The zero-order chi connectivity index (χ0) is 21.5. The van der Waals surface area contributed by atoms with Crippen LogP contribution in [0.3, 0.4) is 0 Å². The van der Waals surface area contributed by atoms with Gasteiger partial charge in [-0.25, -0.2) is 9.67 Å². The SMILES string of the molecule is CN=C(NCC(c1cccc(OC)c1)N(C)C)NC1CCc2nc(COC)nn2C1. The van der Waals surface area contributed by atoms with E-state index >= 15 is 0 Å². The number of ether oxygens (including phenoxy) is 2. The number of aryl methyl sites for hydroxylation is 1. The van der Waals surface area contributed by atoms with E-state index in [1.807, 2.05) is 16.8 Å². The zero-order valence-electron chi connectivity index (χ0n) is 18.6. The summed E-state index contributed by atoms with van der Waals surface area (Å²) in [4.78, 5) is 11.1. The predicted molar refractivity (Wildman–Crippen MR) is 117 cm³/mol. The van der Waals surface area contributed by atoms with Gasteiger partial charge in [0.15, 0.2) is 11.8 Å². The normalized spacial score (nSPS) is 17.5. The van der Waals surface area contributed by atoms with Crippen molar-refractivity contribution < 1.29 is 9.47 Å². The maximum absolute atomic E-state index is 5.38. The summed E-state index contributed by atoms with van der Waals surface area (Å²) in [5, 5.41) is 11.5. The molecule has 0 bridgehead atoms. The van der Waals surface area contributed by atoms with Gasteiger partial charge >= 0.3 is 0 Å². The molecule has 2 unspecified atom stereocenters. The second-order valence-corrected chi connectivity index (χ2v) is 7.65. The number of hydrogen-bond donors (Lipinski definition) is 2. The van der Waals surface area contributed by atoms with Gasteiger partial charge in [-0.2, -0.15) is 5.10 Å². The molecule has 3 rings (SSSR count). The molecule has 9 heteroatoms. The van der Waals surface area contributed by atoms with Crippen LogP contribution in [0, 0.1) is 0 Å². The third kappa shape index (κ3) is 5.48. The van der Waals surface area contributed by atoms with E-state index < -0.39 is 0 Å². The van der Waals surface area contributed by atoms with Crippen LogP contribution in [-0.2, 0) is 24.3 Å². The Labute approximate surface area is 178 Å². The summed E-state index contributed by atoms with van der Waals surface area (Å²) in [5.74, 6) is 3.41. The fourth-order valence-electron chi connectivity index (χ4n) is 3.70. The Morgan fingerprint density at radius 3 is 2.90 bits per heavy atom. The molecule has 1 aliphatic rings. The second kappa shape index (κ2) is 10.4. The number of fused-ring (bicyclic) bond motifs is 1. The highest BCUT2D eigenvalue weighted by Crippen LogP contribution is 2.22. The van der Waals surface area contributed by atoms with Crippen LogP contribution >= 0.6 is 0 Å². The molecule has 0 spiro atoms. The van der Waals surface area contributed by atoms with Crippen LogP contribution in [-0.4, -0.2) is 73.6 Å². The van der Waals surface area contributed by atoms with Crippen LogP contribution < -0.4 is 15.4 Å². The Bertz CT molecular complexity index is 850.